The molecule has 0 aliphatic carbocycles. The molecule has 0 amide bonds. The minimum absolute atomic E-state index is 0.0178. The topological polar surface area (TPSA) is 128 Å². The Morgan fingerprint density at radius 2 is 1.49 bits per heavy atom. The summed E-state index contributed by atoms with van der Waals surface area (Å²) in [5, 5.41) is 7.64. The van der Waals surface area contributed by atoms with E-state index in [2.05, 4.69) is 23.2 Å². The molecule has 11 nitrogen and oxygen atoms in total. The molecule has 294 valence electrons. The number of thioether (sulfide) groups is 1. The monoisotopic (exact) mass is 792 g/mol. The van der Waals surface area contributed by atoms with Gasteiger partial charge in [-0.15, -0.1) is 11.8 Å². The van der Waals surface area contributed by atoms with Crippen molar-refractivity contribution in [2.75, 3.05) is 34.0 Å². The Labute approximate surface area is 327 Å². The molecule has 1 aromatic heterocycles. The molecule has 1 fully saturated rings. The molecule has 0 saturated carbocycles. The Hall–Kier alpha value is -4.02. The van der Waals surface area contributed by atoms with Crippen molar-refractivity contribution in [1.29, 1.82) is 5.26 Å². The highest BCUT2D eigenvalue weighted by Gasteiger charge is 2.50. The lowest BCUT2D eigenvalue weighted by atomic mass is 9.70. The highest BCUT2D eigenvalue weighted by molar-refractivity contribution is 8.00. The van der Waals surface area contributed by atoms with Gasteiger partial charge in [0.2, 0.25) is 0 Å². The Bertz CT molecular complexity index is 1930. The largest absolute Gasteiger partial charge is 0.497 e. The first-order chi connectivity index (χ1) is 26.4. The minimum Gasteiger partial charge on any atom is -0.497 e. The summed E-state index contributed by atoms with van der Waals surface area (Å²) < 4.78 is 50.9. The summed E-state index contributed by atoms with van der Waals surface area (Å²) in [4.78, 5) is 27.7. The summed E-state index contributed by atoms with van der Waals surface area (Å²) in [5.74, 6) is 1.42. The van der Waals surface area contributed by atoms with Crippen LogP contribution in [0.5, 0.6) is 11.5 Å². The molecule has 1 aliphatic heterocycles. The summed E-state index contributed by atoms with van der Waals surface area (Å²) >= 11 is 1.22. The molecule has 5 rings (SSSR count). The Kier molecular flexibility index (Phi) is 14.7. The highest BCUT2D eigenvalue weighted by atomic mass is 32.2. The zero-order chi connectivity index (χ0) is 39.7. The average Bonchev–Trinajstić information content (AvgIpc) is 3.48. The minimum atomic E-state index is -1.84. The molecule has 1 saturated heterocycles. The smallest absolute Gasteiger partial charge is 0.329 e. The van der Waals surface area contributed by atoms with Crippen LogP contribution in [-0.2, 0) is 19.2 Å². The summed E-state index contributed by atoms with van der Waals surface area (Å²) in [5.41, 5.74) is 1.10. The summed E-state index contributed by atoms with van der Waals surface area (Å²) in [6.45, 7) is 9.94. The number of aromatic amines is 1. The Morgan fingerprint density at radius 3 is 2.02 bits per heavy atom. The van der Waals surface area contributed by atoms with Gasteiger partial charge in [-0.05, 0) is 75.6 Å². The van der Waals surface area contributed by atoms with E-state index >= 15 is 4.39 Å². The van der Waals surface area contributed by atoms with Gasteiger partial charge in [-0.1, -0.05) is 54.6 Å². The van der Waals surface area contributed by atoms with Crippen LogP contribution in [0.25, 0.3) is 0 Å². The fourth-order valence-corrected chi connectivity index (χ4v) is 10.2. The quantitative estimate of drug-likeness (QED) is 0.0614. The molecule has 1 aliphatic rings. The van der Waals surface area contributed by atoms with Gasteiger partial charge >= 0.3 is 5.69 Å². The van der Waals surface area contributed by atoms with Gasteiger partial charge in [-0.3, -0.25) is 14.3 Å². The number of benzene rings is 3. The first-order valence-corrected chi connectivity index (χ1v) is 20.3. The second-order valence-electron chi connectivity index (χ2n) is 13.8. The van der Waals surface area contributed by atoms with Gasteiger partial charge in [-0.2, -0.15) is 5.26 Å². The lowest BCUT2D eigenvalue weighted by Gasteiger charge is -2.38. The van der Waals surface area contributed by atoms with E-state index in [0.717, 1.165) is 16.7 Å². The van der Waals surface area contributed by atoms with E-state index in [4.69, 9.17) is 23.3 Å². The molecule has 0 bridgehead atoms. The third-order valence-corrected chi connectivity index (χ3v) is 13.2. The molecule has 5 atom stereocenters. The maximum Gasteiger partial charge on any atom is 0.329 e. The predicted octanol–water partition coefficient (Wildman–Crippen LogP) is 7.53. The maximum atomic E-state index is 17.0. The van der Waals surface area contributed by atoms with Gasteiger partial charge < -0.3 is 23.3 Å². The predicted molar refractivity (Wildman–Crippen MR) is 215 cm³/mol. The number of rotatable bonds is 18. The third-order valence-electron chi connectivity index (χ3n) is 9.59. The van der Waals surface area contributed by atoms with Gasteiger partial charge in [0, 0.05) is 23.8 Å². The lowest BCUT2D eigenvalue weighted by molar-refractivity contribution is 0.0394. The van der Waals surface area contributed by atoms with E-state index in [1.54, 1.807) is 21.1 Å². The normalized spacial score (nSPS) is 19.2. The molecule has 2 heterocycles. The second-order valence-corrected chi connectivity index (χ2v) is 16.6. The second kappa shape index (κ2) is 19.2. The number of halogens is 1. The standard InChI is InChI=1S/C41H50FN4O7PS/c1-27(2)46(28(3)4)54(52-23-11-22-43)53-37-35(55-39(36(37)42)45-24-29(5)38(47)44-40(45)48)25-51-26-41(30-12-9-8-10-13-30,31-14-18-33(49-6)19-15-31)32-16-20-34(50-7)21-17-32/h8-10,12-21,24,27-28,35-37,39H,11,23,25-26H2,1-7H3,(H,44,47,48)/t35-,36+,37-,39-,54?/m1/s1. The van der Waals surface area contributed by atoms with Crippen LogP contribution >= 0.6 is 20.3 Å². The van der Waals surface area contributed by atoms with Gasteiger partial charge in [0.15, 0.2) is 6.17 Å². The number of hydrogen-bond donors (Lipinski definition) is 1. The number of aryl methyl sites for hydroxylation is 1. The van der Waals surface area contributed by atoms with E-state index in [0.29, 0.717) is 11.5 Å². The summed E-state index contributed by atoms with van der Waals surface area (Å²) in [6, 6.07) is 27.9. The van der Waals surface area contributed by atoms with Crippen LogP contribution in [0.4, 0.5) is 4.39 Å². The number of aromatic nitrogens is 2. The fraction of sp³-hybridized carbons (Fsp3) is 0.439. The molecular weight excluding hydrogens is 743 g/mol. The molecule has 4 aromatic rings. The number of H-pyrrole nitrogens is 1. The lowest BCUT2D eigenvalue weighted by Crippen LogP contribution is -2.40. The van der Waals surface area contributed by atoms with Gasteiger partial charge in [0.25, 0.3) is 14.1 Å². The molecule has 14 heteroatoms. The van der Waals surface area contributed by atoms with Crippen LogP contribution in [0.2, 0.25) is 0 Å². The van der Waals surface area contributed by atoms with Gasteiger partial charge in [-0.25, -0.2) is 13.9 Å². The van der Waals surface area contributed by atoms with Crippen molar-refractivity contribution in [3.63, 3.8) is 0 Å². The molecule has 1 N–H and O–H groups in total. The van der Waals surface area contributed by atoms with Crippen LogP contribution in [-0.4, -0.2) is 77.9 Å². The van der Waals surface area contributed by atoms with E-state index in [1.165, 1.54) is 22.5 Å². The number of nitrogens with one attached hydrogen (secondary N) is 1. The molecule has 55 heavy (non-hydrogen) atoms. The number of ether oxygens (including phenoxy) is 3. The van der Waals surface area contributed by atoms with Crippen LogP contribution in [0.3, 0.4) is 0 Å². The zero-order valence-corrected chi connectivity index (χ0v) is 34.0. The van der Waals surface area contributed by atoms with Crippen molar-refractivity contribution in [3.05, 3.63) is 128 Å². The number of nitrogens with zero attached hydrogens (tertiary/aromatic N) is 3. The fourth-order valence-electron chi connectivity index (χ4n) is 6.90. The zero-order valence-electron chi connectivity index (χ0n) is 32.3. The van der Waals surface area contributed by atoms with E-state index in [-0.39, 0.29) is 43.9 Å². The first-order valence-electron chi connectivity index (χ1n) is 18.2. The van der Waals surface area contributed by atoms with Crippen LogP contribution in [0.15, 0.2) is 94.6 Å². The maximum absolute atomic E-state index is 17.0. The van der Waals surface area contributed by atoms with Crippen LogP contribution < -0.4 is 20.7 Å². The van der Waals surface area contributed by atoms with Crippen molar-refractivity contribution < 1.29 is 27.6 Å². The molecule has 3 aromatic carbocycles. The number of methoxy groups -OCH3 is 2. The van der Waals surface area contributed by atoms with Crippen molar-refractivity contribution in [3.8, 4) is 17.6 Å². The first kappa shape index (κ1) is 42.1. The number of hydrogen-bond acceptors (Lipinski definition) is 10. The molecule has 0 radical (unpaired) electrons. The number of nitriles is 1. The van der Waals surface area contributed by atoms with E-state index in [1.807, 2.05) is 99.1 Å². The summed E-state index contributed by atoms with van der Waals surface area (Å²) in [6.07, 6.45) is -1.23. The summed E-state index contributed by atoms with van der Waals surface area (Å²) in [7, 11) is 1.41. The molecule has 0 spiro atoms. The number of alkyl halides is 1. The average molecular weight is 793 g/mol. The van der Waals surface area contributed by atoms with Crippen LogP contribution in [0.1, 0.15) is 61.7 Å². The van der Waals surface area contributed by atoms with Gasteiger partial charge in [0.1, 0.15) is 23.0 Å². The van der Waals surface area contributed by atoms with Crippen molar-refractivity contribution >= 4 is 20.3 Å². The Balaban J connectivity index is 1.56. The molecular formula is C41H50FN4O7PS. The Morgan fingerprint density at radius 1 is 0.927 bits per heavy atom. The third kappa shape index (κ3) is 9.51. The van der Waals surface area contributed by atoms with Crippen molar-refractivity contribution in [2.24, 2.45) is 0 Å². The van der Waals surface area contributed by atoms with Crippen LogP contribution in [0, 0.1) is 18.3 Å². The molecule has 1 unspecified atom stereocenters. The highest BCUT2D eigenvalue weighted by Crippen LogP contribution is 2.54. The van der Waals surface area contributed by atoms with Crippen molar-refractivity contribution in [2.45, 2.75) is 81.4 Å². The van der Waals surface area contributed by atoms with Crippen molar-refractivity contribution in [1.82, 2.24) is 14.2 Å². The SMILES string of the molecule is COc1ccc(C(COC[C@H]2S[C@@H](n3cc(C)c(=O)[nH]c3=O)[C@@H](F)[C@@H]2OP(OCCC#N)N(C(C)C)C(C)C)(c2ccccc2)c2ccc(OC)cc2)cc1. The van der Waals surface area contributed by atoms with Gasteiger partial charge in [0.05, 0.1) is 57.2 Å². The van der Waals surface area contributed by atoms with E-state index < -0.39 is 48.1 Å². The van der Waals surface area contributed by atoms with E-state index in [9.17, 15) is 14.9 Å².